The zero-order valence-corrected chi connectivity index (χ0v) is 7.58. The summed E-state index contributed by atoms with van der Waals surface area (Å²) in [4.78, 5) is 0. The Labute approximate surface area is 80.6 Å². The summed E-state index contributed by atoms with van der Waals surface area (Å²) in [7, 11) is 0. The molecule has 13 heavy (non-hydrogen) atoms. The highest BCUT2D eigenvalue weighted by Gasteiger charge is 2.17. The quantitative estimate of drug-likeness (QED) is 0.512. The zero-order valence-electron chi connectivity index (χ0n) is 6.83. The van der Waals surface area contributed by atoms with Crippen molar-refractivity contribution in [3.05, 3.63) is 28.8 Å². The maximum absolute atomic E-state index is 8.72. The molecular weight excluding hydrogens is 190 g/mol. The first-order valence-corrected chi connectivity index (χ1v) is 4.32. The molecule has 1 aromatic rings. The van der Waals surface area contributed by atoms with Crippen LogP contribution in [-0.2, 0) is 0 Å². The summed E-state index contributed by atoms with van der Waals surface area (Å²) < 4.78 is 5.36. The van der Waals surface area contributed by atoms with Crippen molar-refractivity contribution in [1.82, 2.24) is 0 Å². The van der Waals surface area contributed by atoms with E-state index in [9.17, 15) is 0 Å². The molecular formula is C9H8ClNO2. The summed E-state index contributed by atoms with van der Waals surface area (Å²) >= 11 is 5.81. The fourth-order valence-electron chi connectivity index (χ4n) is 1.35. The van der Waals surface area contributed by atoms with E-state index in [-0.39, 0.29) is 0 Å². The van der Waals surface area contributed by atoms with Crippen LogP contribution in [0.3, 0.4) is 0 Å². The average molecular weight is 198 g/mol. The molecule has 0 atom stereocenters. The van der Waals surface area contributed by atoms with Gasteiger partial charge >= 0.3 is 0 Å². The largest absolute Gasteiger partial charge is 0.492 e. The van der Waals surface area contributed by atoms with Gasteiger partial charge < -0.3 is 9.94 Å². The summed E-state index contributed by atoms with van der Waals surface area (Å²) in [6.07, 6.45) is 0.615. The third kappa shape index (κ3) is 1.47. The van der Waals surface area contributed by atoms with Gasteiger partial charge in [0.1, 0.15) is 5.75 Å². The summed E-state index contributed by atoms with van der Waals surface area (Å²) in [6.45, 7) is 0.550. The number of ether oxygens (including phenoxy) is 1. The Balaban J connectivity index is 2.54. The van der Waals surface area contributed by atoms with Gasteiger partial charge in [-0.1, -0.05) is 16.8 Å². The van der Waals surface area contributed by atoms with Gasteiger partial charge in [-0.05, 0) is 18.2 Å². The van der Waals surface area contributed by atoms with Crippen LogP contribution in [0.4, 0.5) is 0 Å². The van der Waals surface area contributed by atoms with E-state index in [1.165, 1.54) is 0 Å². The van der Waals surface area contributed by atoms with Crippen molar-refractivity contribution in [2.45, 2.75) is 6.42 Å². The summed E-state index contributed by atoms with van der Waals surface area (Å²) in [5.41, 5.74) is 1.41. The van der Waals surface area contributed by atoms with Gasteiger partial charge in [0, 0.05) is 17.0 Å². The fourth-order valence-corrected chi connectivity index (χ4v) is 1.52. The monoisotopic (exact) mass is 197 g/mol. The standard InChI is InChI=1S/C9H8ClNO2/c10-6-1-2-9-7(5-6)8(11-12)3-4-13-9/h1-2,5,12H,3-4H2/b11-8+. The molecule has 0 aromatic heterocycles. The number of hydrogen-bond donors (Lipinski definition) is 1. The second-order valence-electron chi connectivity index (χ2n) is 2.79. The van der Waals surface area contributed by atoms with Crippen molar-refractivity contribution in [1.29, 1.82) is 0 Å². The molecule has 0 radical (unpaired) electrons. The topological polar surface area (TPSA) is 41.8 Å². The van der Waals surface area contributed by atoms with Gasteiger partial charge in [-0.3, -0.25) is 0 Å². The molecule has 68 valence electrons. The molecule has 4 heteroatoms. The van der Waals surface area contributed by atoms with Gasteiger partial charge in [-0.2, -0.15) is 0 Å². The van der Waals surface area contributed by atoms with Crippen LogP contribution in [0.15, 0.2) is 23.4 Å². The normalized spacial score (nSPS) is 18.1. The molecule has 0 aliphatic carbocycles. The molecule has 0 bridgehead atoms. The van der Waals surface area contributed by atoms with Crippen LogP contribution >= 0.6 is 11.6 Å². The number of rotatable bonds is 0. The molecule has 0 spiro atoms. The third-order valence-electron chi connectivity index (χ3n) is 1.97. The molecule has 0 unspecified atom stereocenters. The van der Waals surface area contributed by atoms with Gasteiger partial charge in [-0.25, -0.2) is 0 Å². The minimum absolute atomic E-state index is 0.550. The Bertz CT molecular complexity index is 363. The van der Waals surface area contributed by atoms with Crippen molar-refractivity contribution in [3.63, 3.8) is 0 Å². The SMILES string of the molecule is O/N=C1\CCOc2ccc(Cl)cc21. The first kappa shape index (κ1) is 8.38. The van der Waals surface area contributed by atoms with Gasteiger partial charge in [0.2, 0.25) is 0 Å². The number of nitrogens with zero attached hydrogens (tertiary/aromatic N) is 1. The van der Waals surface area contributed by atoms with E-state index in [0.29, 0.717) is 23.8 Å². The minimum atomic E-state index is 0.550. The van der Waals surface area contributed by atoms with Crippen LogP contribution in [0.5, 0.6) is 5.75 Å². The molecule has 1 heterocycles. The minimum Gasteiger partial charge on any atom is -0.492 e. The lowest BCUT2D eigenvalue weighted by Gasteiger charge is -2.17. The van der Waals surface area contributed by atoms with E-state index >= 15 is 0 Å². The predicted molar refractivity (Wildman–Crippen MR) is 49.9 cm³/mol. The van der Waals surface area contributed by atoms with Crippen molar-refractivity contribution in [2.75, 3.05) is 6.61 Å². The lowest BCUT2D eigenvalue weighted by molar-refractivity contribution is 0.298. The molecule has 0 saturated carbocycles. The lowest BCUT2D eigenvalue weighted by atomic mass is 10.0. The number of benzene rings is 1. The predicted octanol–water partition coefficient (Wildman–Crippen LogP) is 2.30. The highest BCUT2D eigenvalue weighted by atomic mass is 35.5. The smallest absolute Gasteiger partial charge is 0.128 e. The van der Waals surface area contributed by atoms with Crippen LogP contribution < -0.4 is 4.74 Å². The summed E-state index contributed by atoms with van der Waals surface area (Å²) in [5.74, 6) is 0.725. The first-order valence-electron chi connectivity index (χ1n) is 3.95. The molecule has 1 aromatic carbocycles. The lowest BCUT2D eigenvalue weighted by Crippen LogP contribution is -2.16. The molecule has 2 rings (SSSR count). The Kier molecular flexibility index (Phi) is 2.10. The Morgan fingerprint density at radius 2 is 2.31 bits per heavy atom. The van der Waals surface area contributed by atoms with Gasteiger partial charge in [0.05, 0.1) is 12.3 Å². The highest BCUT2D eigenvalue weighted by Crippen LogP contribution is 2.27. The van der Waals surface area contributed by atoms with Crippen LogP contribution in [0.2, 0.25) is 5.02 Å². The Hall–Kier alpha value is -1.22. The summed E-state index contributed by atoms with van der Waals surface area (Å²) in [5, 5.41) is 12.5. The van der Waals surface area contributed by atoms with Gasteiger partial charge in [-0.15, -0.1) is 0 Å². The van der Waals surface area contributed by atoms with Crippen molar-refractivity contribution >= 4 is 17.3 Å². The van der Waals surface area contributed by atoms with Crippen molar-refractivity contribution in [2.24, 2.45) is 5.16 Å². The third-order valence-corrected chi connectivity index (χ3v) is 2.20. The Morgan fingerprint density at radius 3 is 3.08 bits per heavy atom. The maximum atomic E-state index is 8.72. The van der Waals surface area contributed by atoms with Crippen LogP contribution in [-0.4, -0.2) is 17.5 Å². The number of halogens is 1. The first-order chi connectivity index (χ1) is 6.31. The maximum Gasteiger partial charge on any atom is 0.128 e. The van der Waals surface area contributed by atoms with E-state index in [4.69, 9.17) is 21.5 Å². The van der Waals surface area contributed by atoms with E-state index in [2.05, 4.69) is 5.16 Å². The van der Waals surface area contributed by atoms with Crippen molar-refractivity contribution < 1.29 is 9.94 Å². The molecule has 1 aliphatic heterocycles. The van der Waals surface area contributed by atoms with Gasteiger partial charge in [0.25, 0.3) is 0 Å². The van der Waals surface area contributed by atoms with E-state index < -0.39 is 0 Å². The highest BCUT2D eigenvalue weighted by molar-refractivity contribution is 6.31. The van der Waals surface area contributed by atoms with E-state index in [1.807, 2.05) is 0 Å². The number of fused-ring (bicyclic) bond motifs is 1. The molecule has 1 N–H and O–H groups in total. The summed E-state index contributed by atoms with van der Waals surface area (Å²) in [6, 6.07) is 5.27. The number of oxime groups is 1. The second-order valence-corrected chi connectivity index (χ2v) is 3.22. The fraction of sp³-hybridized carbons (Fsp3) is 0.222. The molecule has 0 amide bonds. The van der Waals surface area contributed by atoms with Crippen LogP contribution in [0, 0.1) is 0 Å². The van der Waals surface area contributed by atoms with Crippen LogP contribution in [0.25, 0.3) is 0 Å². The van der Waals surface area contributed by atoms with Gasteiger partial charge in [0.15, 0.2) is 0 Å². The van der Waals surface area contributed by atoms with E-state index in [0.717, 1.165) is 11.3 Å². The average Bonchev–Trinajstić information content (AvgIpc) is 2.17. The van der Waals surface area contributed by atoms with Crippen molar-refractivity contribution in [3.8, 4) is 5.75 Å². The Morgan fingerprint density at radius 1 is 1.46 bits per heavy atom. The van der Waals surface area contributed by atoms with E-state index in [1.54, 1.807) is 18.2 Å². The zero-order chi connectivity index (χ0) is 9.26. The van der Waals surface area contributed by atoms with Crippen LogP contribution in [0.1, 0.15) is 12.0 Å². The molecule has 0 fully saturated rings. The molecule has 1 aliphatic rings. The molecule has 3 nitrogen and oxygen atoms in total. The number of hydrogen-bond acceptors (Lipinski definition) is 3. The second kappa shape index (κ2) is 3.26. The molecule has 0 saturated heterocycles.